The lowest BCUT2D eigenvalue weighted by atomic mass is 10.0. The molecule has 1 aromatic carbocycles. The molecule has 1 aliphatic carbocycles. The van der Waals surface area contributed by atoms with Gasteiger partial charge < -0.3 is 14.4 Å². The molecule has 9 nitrogen and oxygen atoms in total. The molecule has 2 fully saturated rings. The van der Waals surface area contributed by atoms with Crippen LogP contribution in [0.4, 0.5) is 13.2 Å². The van der Waals surface area contributed by atoms with E-state index < -0.39 is 18.4 Å². The summed E-state index contributed by atoms with van der Waals surface area (Å²) in [6.07, 6.45) is 3.39. The first-order chi connectivity index (χ1) is 18.3. The Kier molecular flexibility index (Phi) is 5.69. The average Bonchev–Trinajstić information content (AvgIpc) is 3.45. The normalized spacial score (nSPS) is 20.1. The number of carbonyl (C=O) groups excluding carboxylic acids is 1. The molecule has 1 aliphatic heterocycles. The predicted molar refractivity (Wildman–Crippen MR) is 129 cm³/mol. The van der Waals surface area contributed by atoms with Gasteiger partial charge in [0.25, 0.3) is 11.8 Å². The standard InChI is InChI=1S/C26H23F3N6O3/c1-37-23-19(11-30-25(32-23)38-2)20-10-18(17-9-16(17)14-3-5-15(27)6-4-14)22-31-21(12-35(22)33-20)24(36)34-8-7-26(28,29)13-34/h3-6,10-12,16-17H,7-9,13H2,1-2H3/t16-,17+/m1/s1. The van der Waals surface area contributed by atoms with Gasteiger partial charge in [0.2, 0.25) is 5.88 Å². The molecule has 0 radical (unpaired) electrons. The highest BCUT2D eigenvalue weighted by Gasteiger charge is 2.43. The van der Waals surface area contributed by atoms with Crippen molar-refractivity contribution in [3.8, 4) is 23.1 Å². The summed E-state index contributed by atoms with van der Waals surface area (Å²) in [7, 11) is 2.91. The fraction of sp³-hybridized carbons (Fsp3) is 0.346. The number of nitrogens with zero attached hydrogens (tertiary/aromatic N) is 6. The van der Waals surface area contributed by atoms with Gasteiger partial charge in [0, 0.05) is 24.7 Å². The van der Waals surface area contributed by atoms with Crippen LogP contribution >= 0.6 is 0 Å². The van der Waals surface area contributed by atoms with Gasteiger partial charge in [-0.05, 0) is 42.0 Å². The molecular formula is C26H23F3N6O3. The highest BCUT2D eigenvalue weighted by Crippen LogP contribution is 2.55. The molecule has 0 N–H and O–H groups in total. The first kappa shape index (κ1) is 24.1. The van der Waals surface area contributed by atoms with E-state index >= 15 is 0 Å². The third-order valence-electron chi connectivity index (χ3n) is 7.00. The number of hydrogen-bond donors (Lipinski definition) is 0. The van der Waals surface area contributed by atoms with E-state index in [0.29, 0.717) is 16.9 Å². The van der Waals surface area contributed by atoms with E-state index in [2.05, 4.69) is 20.1 Å². The summed E-state index contributed by atoms with van der Waals surface area (Å²) in [6, 6.07) is 8.35. The molecular weight excluding hydrogens is 501 g/mol. The maximum atomic E-state index is 13.8. The number of alkyl halides is 2. The SMILES string of the molecule is COc1ncc(-c2cc([C@H]3C[C@@H]3c3ccc(F)cc3)c3nc(C(=O)N4CCC(F)(F)C4)cn3n2)c(OC)n1. The number of likely N-dealkylation sites (tertiary alicyclic amines) is 1. The molecule has 0 unspecified atom stereocenters. The summed E-state index contributed by atoms with van der Waals surface area (Å²) in [4.78, 5) is 27.1. The summed E-state index contributed by atoms with van der Waals surface area (Å²) in [6.45, 7) is -0.679. The van der Waals surface area contributed by atoms with Crippen LogP contribution in [-0.2, 0) is 0 Å². The number of halogens is 3. The number of aromatic nitrogens is 5. The zero-order valence-corrected chi connectivity index (χ0v) is 20.6. The molecule has 38 heavy (non-hydrogen) atoms. The maximum Gasteiger partial charge on any atom is 0.319 e. The van der Waals surface area contributed by atoms with E-state index in [1.807, 2.05) is 6.07 Å². The lowest BCUT2D eigenvalue weighted by Gasteiger charge is -2.14. The lowest BCUT2D eigenvalue weighted by molar-refractivity contribution is 0.0119. The van der Waals surface area contributed by atoms with Crippen molar-refractivity contribution in [2.75, 3.05) is 27.3 Å². The number of ether oxygens (including phenoxy) is 2. The second-order valence-corrected chi connectivity index (χ2v) is 9.49. The van der Waals surface area contributed by atoms with E-state index in [1.54, 1.807) is 12.1 Å². The van der Waals surface area contributed by atoms with Crippen LogP contribution in [0.25, 0.3) is 16.9 Å². The predicted octanol–water partition coefficient (Wildman–Crippen LogP) is 4.09. The molecule has 12 heteroatoms. The number of carbonyl (C=O) groups is 1. The van der Waals surface area contributed by atoms with E-state index in [-0.39, 0.29) is 48.2 Å². The van der Waals surface area contributed by atoms with Gasteiger partial charge in [-0.15, -0.1) is 0 Å². The Hall–Kier alpha value is -4.22. The summed E-state index contributed by atoms with van der Waals surface area (Å²) in [5.74, 6) is -3.40. The zero-order chi connectivity index (χ0) is 26.6. The molecule has 4 heterocycles. The molecule has 2 atom stereocenters. The van der Waals surface area contributed by atoms with Gasteiger partial charge in [-0.25, -0.2) is 27.7 Å². The van der Waals surface area contributed by atoms with E-state index in [1.165, 1.54) is 43.3 Å². The number of hydrogen-bond acceptors (Lipinski definition) is 7. The fourth-order valence-electron chi connectivity index (χ4n) is 4.98. The minimum Gasteiger partial charge on any atom is -0.480 e. The molecule has 0 spiro atoms. The molecule has 6 rings (SSSR count). The van der Waals surface area contributed by atoms with Crippen molar-refractivity contribution in [1.82, 2.24) is 29.5 Å². The van der Waals surface area contributed by atoms with E-state index in [4.69, 9.17) is 9.47 Å². The third kappa shape index (κ3) is 4.29. The minimum atomic E-state index is -2.91. The van der Waals surface area contributed by atoms with Crippen molar-refractivity contribution in [3.05, 3.63) is 65.4 Å². The quantitative estimate of drug-likeness (QED) is 0.375. The number of amides is 1. The number of rotatable bonds is 6. The molecule has 1 amide bonds. The Labute approximate surface area is 215 Å². The lowest BCUT2D eigenvalue weighted by Crippen LogP contribution is -2.31. The van der Waals surface area contributed by atoms with Crippen molar-refractivity contribution in [1.29, 1.82) is 0 Å². The molecule has 1 saturated carbocycles. The van der Waals surface area contributed by atoms with Gasteiger partial charge >= 0.3 is 6.01 Å². The number of benzene rings is 1. The summed E-state index contributed by atoms with van der Waals surface area (Å²) in [5, 5.41) is 4.63. The summed E-state index contributed by atoms with van der Waals surface area (Å²) >= 11 is 0. The van der Waals surface area contributed by atoms with Crippen molar-refractivity contribution in [2.24, 2.45) is 0 Å². The van der Waals surface area contributed by atoms with Crippen LogP contribution in [0.15, 0.2) is 42.7 Å². The molecule has 2 aliphatic rings. The van der Waals surface area contributed by atoms with Gasteiger partial charge in [0.1, 0.15) is 11.5 Å². The Morgan fingerprint density at radius 2 is 1.89 bits per heavy atom. The first-order valence-corrected chi connectivity index (χ1v) is 12.0. The van der Waals surface area contributed by atoms with Crippen molar-refractivity contribution >= 4 is 11.6 Å². The topological polar surface area (TPSA) is 94.7 Å². The van der Waals surface area contributed by atoms with Crippen LogP contribution in [0.1, 0.15) is 46.3 Å². The van der Waals surface area contributed by atoms with Crippen molar-refractivity contribution in [3.63, 3.8) is 0 Å². The Balaban J connectivity index is 1.44. The van der Waals surface area contributed by atoms with Crippen molar-refractivity contribution < 1.29 is 27.4 Å². The molecule has 1 saturated heterocycles. The minimum absolute atomic E-state index is 0.0244. The Morgan fingerprint density at radius 3 is 2.58 bits per heavy atom. The monoisotopic (exact) mass is 524 g/mol. The van der Waals surface area contributed by atoms with E-state index in [0.717, 1.165) is 22.4 Å². The highest BCUT2D eigenvalue weighted by molar-refractivity contribution is 5.93. The van der Waals surface area contributed by atoms with Gasteiger partial charge in [0.15, 0.2) is 5.65 Å². The molecule has 0 bridgehead atoms. The number of fused-ring (bicyclic) bond motifs is 1. The van der Waals surface area contributed by atoms with Crippen LogP contribution in [0.3, 0.4) is 0 Å². The zero-order valence-electron chi connectivity index (χ0n) is 20.6. The van der Waals surface area contributed by atoms with Gasteiger partial charge in [-0.1, -0.05) is 12.1 Å². The van der Waals surface area contributed by atoms with Crippen molar-refractivity contribution in [2.45, 2.75) is 30.6 Å². The molecule has 196 valence electrons. The first-order valence-electron chi connectivity index (χ1n) is 12.0. The largest absolute Gasteiger partial charge is 0.480 e. The van der Waals surface area contributed by atoms with Crippen LogP contribution in [0, 0.1) is 5.82 Å². The molecule has 3 aromatic heterocycles. The van der Waals surface area contributed by atoms with Crippen LogP contribution in [-0.4, -0.2) is 68.6 Å². The van der Waals surface area contributed by atoms with E-state index in [9.17, 15) is 18.0 Å². The molecule has 4 aromatic rings. The maximum absolute atomic E-state index is 13.8. The van der Waals surface area contributed by atoms with Crippen LogP contribution < -0.4 is 9.47 Å². The second-order valence-electron chi connectivity index (χ2n) is 9.49. The second kappa shape index (κ2) is 8.96. The highest BCUT2D eigenvalue weighted by atomic mass is 19.3. The summed E-state index contributed by atoms with van der Waals surface area (Å²) in [5.41, 5.74) is 3.25. The van der Waals surface area contributed by atoms with Gasteiger partial charge in [-0.2, -0.15) is 10.1 Å². The van der Waals surface area contributed by atoms with Gasteiger partial charge in [0.05, 0.1) is 38.2 Å². The fourth-order valence-corrected chi connectivity index (χ4v) is 4.98. The Bertz CT molecular complexity index is 1540. The van der Waals surface area contributed by atoms with Gasteiger partial charge in [-0.3, -0.25) is 4.79 Å². The average molecular weight is 525 g/mol. The number of imidazole rings is 1. The number of methoxy groups -OCH3 is 2. The van der Waals surface area contributed by atoms with Crippen LogP contribution in [0.5, 0.6) is 11.9 Å². The summed E-state index contributed by atoms with van der Waals surface area (Å²) < 4.78 is 53.0. The van der Waals surface area contributed by atoms with Crippen LogP contribution in [0.2, 0.25) is 0 Å². The Morgan fingerprint density at radius 1 is 1.11 bits per heavy atom. The third-order valence-corrected chi connectivity index (χ3v) is 7.00. The smallest absolute Gasteiger partial charge is 0.319 e.